The maximum atomic E-state index is 2.24. The number of hydrogen-bond donors (Lipinski definition) is 0. The monoisotopic (exact) mass is 312 g/mol. The molecule has 3 aromatic rings. The zero-order valence-electron chi connectivity index (χ0n) is 7.77. The Bertz CT molecular complexity index is 494. The predicted octanol–water partition coefficient (Wildman–Crippen LogP) is 3.34. The van der Waals surface area contributed by atoms with E-state index in [0.29, 0.717) is 0 Å². The molecule has 0 atom stereocenters. The Balaban J connectivity index is 0.000000853. The molecule has 0 heterocycles. The molecule has 15 heavy (non-hydrogen) atoms. The van der Waals surface area contributed by atoms with Gasteiger partial charge in [-0.15, -0.1) is 0 Å². The van der Waals surface area contributed by atoms with E-state index in [0.717, 1.165) is 0 Å². The minimum atomic E-state index is 0. The summed E-state index contributed by atoms with van der Waals surface area (Å²) in [4.78, 5) is 0. The normalized spacial score (nSPS) is 10.1. The number of fused-ring (bicyclic) bond motifs is 2. The van der Waals surface area contributed by atoms with Crippen molar-refractivity contribution in [2.24, 2.45) is 0 Å². The van der Waals surface area contributed by atoms with Crippen molar-refractivity contribution in [3.05, 3.63) is 60.7 Å². The third-order valence-electron chi connectivity index (χ3n) is 2.61. The summed E-state index contributed by atoms with van der Waals surface area (Å²) in [6.45, 7) is 0. The first-order valence-electron chi connectivity index (χ1n) is 4.81. The van der Waals surface area contributed by atoms with Crippen LogP contribution in [0.4, 0.5) is 0 Å². The van der Waals surface area contributed by atoms with E-state index in [2.05, 4.69) is 60.7 Å². The Morgan fingerprint density at radius 3 is 1.00 bits per heavy atom. The van der Waals surface area contributed by atoms with E-state index < -0.39 is 0 Å². The Hall–Kier alpha value is 0.232. The van der Waals surface area contributed by atoms with Gasteiger partial charge in [0.25, 0.3) is 0 Å². The van der Waals surface area contributed by atoms with Crippen molar-refractivity contribution in [3.8, 4) is 0 Å². The van der Waals surface area contributed by atoms with Gasteiger partial charge in [-0.1, -0.05) is 48.5 Å². The van der Waals surface area contributed by atoms with Gasteiger partial charge in [-0.2, -0.15) is 0 Å². The fourth-order valence-electron chi connectivity index (χ4n) is 1.88. The molecule has 3 rings (SSSR count). The Morgan fingerprint density at radius 1 is 0.467 bits per heavy atom. The van der Waals surface area contributed by atoms with Crippen LogP contribution in [-0.4, -0.2) is 68.9 Å². The Kier molecular flexibility index (Phi) is 3.94. The van der Waals surface area contributed by atoms with Crippen LogP contribution >= 0.6 is 0 Å². The van der Waals surface area contributed by atoms with E-state index in [1.807, 2.05) is 0 Å². The average molecular weight is 312 g/mol. The van der Waals surface area contributed by atoms with Crippen LogP contribution in [0.2, 0.25) is 0 Å². The van der Waals surface area contributed by atoms with Gasteiger partial charge in [0.2, 0.25) is 0 Å². The van der Waals surface area contributed by atoms with Crippen LogP contribution in [0, 0.1) is 0 Å². The maximum absolute atomic E-state index is 2.24. The Labute approximate surface area is 148 Å². The van der Waals surface area contributed by atoms with E-state index in [4.69, 9.17) is 0 Å². The fourth-order valence-corrected chi connectivity index (χ4v) is 1.88. The van der Waals surface area contributed by atoms with Gasteiger partial charge in [-0.05, 0) is 33.7 Å². The first-order chi connectivity index (χ1) is 6.93. The molecule has 0 unspecified atom stereocenters. The molecule has 0 fully saturated rings. The minimum absolute atomic E-state index is 0. The van der Waals surface area contributed by atoms with Gasteiger partial charge in [0, 0.05) is 0 Å². The molecule has 0 radical (unpaired) electrons. The summed E-state index contributed by atoms with van der Waals surface area (Å²) in [6, 6.07) is 21.4. The van der Waals surface area contributed by atoms with E-state index in [1.54, 1.807) is 0 Å². The van der Waals surface area contributed by atoms with E-state index in [1.165, 1.54) is 21.5 Å². The van der Waals surface area contributed by atoms with Crippen LogP contribution in [-0.2, 0) is 0 Å². The number of benzene rings is 3. The molecule has 0 aliphatic carbocycles. The van der Waals surface area contributed by atoms with Crippen LogP contribution in [0.1, 0.15) is 0 Å². The molecule has 0 amide bonds. The smallest absolute Gasteiger partial charge is 0.0178 e. The molecule has 68 valence electrons. The Morgan fingerprint density at radius 2 is 0.733 bits per heavy atom. The molecule has 0 N–H and O–H groups in total. The first-order valence-corrected chi connectivity index (χ1v) is 4.81. The molecule has 0 aliphatic heterocycles. The summed E-state index contributed by atoms with van der Waals surface area (Å²) >= 11 is 0. The van der Waals surface area contributed by atoms with Crippen LogP contribution in [0.5, 0.6) is 0 Å². The second kappa shape index (κ2) is 5.04. The summed E-state index contributed by atoms with van der Waals surface area (Å²) < 4.78 is 0. The molecule has 0 aliphatic rings. The summed E-state index contributed by atoms with van der Waals surface area (Å²) in [6.07, 6.45) is 0. The molecule has 0 nitrogen and oxygen atoms in total. The van der Waals surface area contributed by atoms with Crippen LogP contribution < -0.4 is 0 Å². The van der Waals surface area contributed by atoms with Crippen LogP contribution in [0.15, 0.2) is 60.7 Å². The molecule has 0 bridgehead atoms. The summed E-state index contributed by atoms with van der Waals surface area (Å²) in [5.41, 5.74) is 0. The zero-order valence-corrected chi connectivity index (χ0v) is 7.77. The quantitative estimate of drug-likeness (QED) is 0.559. The molecular weight excluding hydrogens is 301 g/mol. The second-order valence-electron chi connectivity index (χ2n) is 3.55. The van der Waals surface area contributed by atoms with Gasteiger partial charge in [0.05, 0.1) is 0 Å². The third-order valence-corrected chi connectivity index (χ3v) is 2.61. The van der Waals surface area contributed by atoms with Gasteiger partial charge in [0.15, 0.2) is 0 Å². The maximum Gasteiger partial charge on any atom is -0.0178 e. The van der Waals surface area contributed by atoms with Crippen molar-refractivity contribution in [1.29, 1.82) is 0 Å². The van der Waals surface area contributed by atoms with E-state index in [-0.39, 0.29) is 68.9 Å². The van der Waals surface area contributed by atoms with Crippen molar-refractivity contribution in [2.75, 3.05) is 0 Å². The largest absolute Gasteiger partial charge is 0.0616 e. The van der Waals surface area contributed by atoms with Gasteiger partial charge in [-0.25, -0.2) is 0 Å². The van der Waals surface area contributed by atoms with Gasteiger partial charge >= 0.3 is 68.9 Å². The van der Waals surface area contributed by atoms with Crippen molar-refractivity contribution in [1.82, 2.24) is 0 Å². The predicted molar refractivity (Wildman–Crippen MR) is 68.6 cm³/mol. The fraction of sp³-hybridized carbons (Fsp3) is 0. The third kappa shape index (κ3) is 2.33. The van der Waals surface area contributed by atoms with Crippen molar-refractivity contribution in [3.63, 3.8) is 0 Å². The topological polar surface area (TPSA) is 0 Å². The number of hydrogen-bond acceptors (Lipinski definition) is 0. The van der Waals surface area contributed by atoms with E-state index in [9.17, 15) is 0 Å². The number of rotatable bonds is 0. The SMILES string of the molecule is [CsH].c1ccc2cc3ccccc3cc2c1. The van der Waals surface area contributed by atoms with E-state index >= 15 is 0 Å². The van der Waals surface area contributed by atoms with Crippen molar-refractivity contribution < 1.29 is 0 Å². The molecule has 0 spiro atoms. The average Bonchev–Trinajstić information content (AvgIpc) is 2.26. The second-order valence-corrected chi connectivity index (χ2v) is 3.55. The molecule has 0 aromatic heterocycles. The summed E-state index contributed by atoms with van der Waals surface area (Å²) in [5.74, 6) is 0. The first kappa shape index (κ1) is 11.7. The molecular formula is C14H11Cs. The van der Waals surface area contributed by atoms with Crippen LogP contribution in [0.25, 0.3) is 21.5 Å². The molecule has 1 heteroatoms. The zero-order chi connectivity index (χ0) is 9.38. The van der Waals surface area contributed by atoms with Gasteiger partial charge in [-0.3, -0.25) is 0 Å². The molecule has 3 aromatic carbocycles. The summed E-state index contributed by atoms with van der Waals surface area (Å²) in [7, 11) is 0. The molecule has 0 saturated heterocycles. The van der Waals surface area contributed by atoms with Crippen molar-refractivity contribution >= 4 is 90.4 Å². The summed E-state index contributed by atoms with van der Waals surface area (Å²) in [5, 5.41) is 5.25. The standard InChI is InChI=1S/C14H10.Cs.H/c1-2-6-12-10-14-8-4-3-7-13(14)9-11(12)5-1;;/h1-10H;;. The van der Waals surface area contributed by atoms with Crippen molar-refractivity contribution in [2.45, 2.75) is 0 Å². The minimum Gasteiger partial charge on any atom is -0.0616 e. The van der Waals surface area contributed by atoms with Gasteiger partial charge in [0.1, 0.15) is 0 Å². The van der Waals surface area contributed by atoms with Gasteiger partial charge < -0.3 is 0 Å². The van der Waals surface area contributed by atoms with Crippen LogP contribution in [0.3, 0.4) is 0 Å². The molecule has 0 saturated carbocycles.